The van der Waals surface area contributed by atoms with E-state index in [0.717, 1.165) is 16.9 Å². The minimum Gasteiger partial charge on any atom is -0.368 e. The summed E-state index contributed by atoms with van der Waals surface area (Å²) in [6.45, 7) is 1.33. The van der Waals surface area contributed by atoms with Gasteiger partial charge in [-0.25, -0.2) is 9.97 Å². The lowest BCUT2D eigenvalue weighted by Gasteiger charge is -2.39. The average Bonchev–Trinajstić information content (AvgIpc) is 3.22. The molecule has 1 fully saturated rings. The molecule has 9 nitrogen and oxygen atoms in total. The van der Waals surface area contributed by atoms with Gasteiger partial charge in [-0.2, -0.15) is 0 Å². The fourth-order valence-electron chi connectivity index (χ4n) is 3.96. The molecule has 1 saturated heterocycles. The Labute approximate surface area is 184 Å². The molecule has 0 bridgehead atoms. The Morgan fingerprint density at radius 3 is 2.58 bits per heavy atom. The molecule has 1 aromatic carbocycles. The summed E-state index contributed by atoms with van der Waals surface area (Å²) in [7, 11) is 0. The summed E-state index contributed by atoms with van der Waals surface area (Å²) >= 11 is 5.90. The molecule has 2 amide bonds. The molecule has 10 heteroatoms. The van der Waals surface area contributed by atoms with Gasteiger partial charge in [-0.15, -0.1) is 0 Å². The zero-order valence-electron chi connectivity index (χ0n) is 16.8. The highest BCUT2D eigenvalue weighted by molar-refractivity contribution is 6.30. The lowest BCUT2D eigenvalue weighted by atomic mass is 9.85. The monoisotopic (exact) mass is 441 g/mol. The number of piperidine rings is 1. The zero-order valence-corrected chi connectivity index (χ0v) is 17.6. The highest BCUT2D eigenvalue weighted by Gasteiger charge is 2.34. The van der Waals surface area contributed by atoms with Gasteiger partial charge in [0.05, 0.1) is 5.39 Å². The number of fused-ring (bicyclic) bond motifs is 1. The number of primary amides is 1. The number of hydrogen-bond donors (Lipinski definition) is 4. The Kier molecular flexibility index (Phi) is 5.79. The number of nitrogens with two attached hydrogens (primary N) is 2. The third kappa shape index (κ3) is 4.62. The van der Waals surface area contributed by atoms with Crippen molar-refractivity contribution in [2.45, 2.75) is 30.8 Å². The van der Waals surface area contributed by atoms with Crippen LogP contribution < -0.4 is 21.7 Å². The van der Waals surface area contributed by atoms with Crippen molar-refractivity contribution in [1.82, 2.24) is 20.3 Å². The normalized spacial score (nSPS) is 16.8. The number of nitrogens with one attached hydrogen (secondary N) is 2. The van der Waals surface area contributed by atoms with Crippen molar-refractivity contribution in [2.24, 2.45) is 11.5 Å². The molecule has 1 aliphatic rings. The van der Waals surface area contributed by atoms with Gasteiger partial charge in [-0.1, -0.05) is 23.7 Å². The number of anilines is 1. The maximum Gasteiger partial charge on any atom is 0.244 e. The van der Waals surface area contributed by atoms with Crippen LogP contribution in [0.25, 0.3) is 11.0 Å². The van der Waals surface area contributed by atoms with Crippen molar-refractivity contribution < 1.29 is 9.59 Å². The van der Waals surface area contributed by atoms with E-state index in [1.54, 1.807) is 24.3 Å². The molecule has 0 saturated carbocycles. The summed E-state index contributed by atoms with van der Waals surface area (Å²) in [5.41, 5.74) is 12.7. The Hall–Kier alpha value is -3.17. The molecular weight excluding hydrogens is 418 g/mol. The quantitative estimate of drug-likeness (QED) is 0.458. The van der Waals surface area contributed by atoms with E-state index in [1.165, 1.54) is 6.33 Å². The number of carbonyl (C=O) groups excluding carboxylic acids is 2. The average molecular weight is 442 g/mol. The van der Waals surface area contributed by atoms with E-state index in [4.69, 9.17) is 23.1 Å². The van der Waals surface area contributed by atoms with E-state index in [2.05, 4.69) is 25.2 Å². The third-order valence-electron chi connectivity index (χ3n) is 5.70. The first kappa shape index (κ1) is 21.1. The summed E-state index contributed by atoms with van der Waals surface area (Å²) in [5.74, 6) is -0.102. The summed E-state index contributed by atoms with van der Waals surface area (Å²) in [6.07, 6.45) is 4.69. The predicted octanol–water partition coefficient (Wildman–Crippen LogP) is 1.64. The first-order valence-electron chi connectivity index (χ1n) is 10.0. The molecule has 0 aliphatic carbocycles. The minimum atomic E-state index is -0.934. The Morgan fingerprint density at radius 1 is 1.19 bits per heavy atom. The molecule has 2 aromatic heterocycles. The van der Waals surface area contributed by atoms with E-state index < -0.39 is 17.5 Å². The van der Waals surface area contributed by atoms with Gasteiger partial charge in [0.1, 0.15) is 23.8 Å². The predicted molar refractivity (Wildman–Crippen MR) is 118 cm³/mol. The number of hydrogen-bond acceptors (Lipinski definition) is 6. The van der Waals surface area contributed by atoms with Gasteiger partial charge < -0.3 is 26.7 Å². The fourth-order valence-corrected chi connectivity index (χ4v) is 4.08. The molecule has 3 heterocycles. The number of aromatic amines is 1. The smallest absolute Gasteiger partial charge is 0.244 e. The molecular formula is C21H24ClN7O2. The van der Waals surface area contributed by atoms with E-state index >= 15 is 0 Å². The largest absolute Gasteiger partial charge is 0.368 e. The maximum atomic E-state index is 12.7. The van der Waals surface area contributed by atoms with Gasteiger partial charge in [-0.05, 0) is 36.6 Å². The van der Waals surface area contributed by atoms with Gasteiger partial charge in [-0.3, -0.25) is 9.59 Å². The molecule has 31 heavy (non-hydrogen) atoms. The van der Waals surface area contributed by atoms with E-state index in [0.29, 0.717) is 36.5 Å². The molecule has 6 N–H and O–H groups in total. The van der Waals surface area contributed by atoms with Gasteiger partial charge in [0.2, 0.25) is 11.8 Å². The van der Waals surface area contributed by atoms with Crippen molar-refractivity contribution in [3.63, 3.8) is 0 Å². The number of aromatic nitrogens is 3. The summed E-state index contributed by atoms with van der Waals surface area (Å²) in [6, 6.07) is 7.64. The van der Waals surface area contributed by atoms with Crippen molar-refractivity contribution in [3.8, 4) is 0 Å². The van der Waals surface area contributed by atoms with Crippen LogP contribution in [-0.2, 0) is 9.59 Å². The van der Waals surface area contributed by atoms with Crippen LogP contribution in [0.1, 0.15) is 30.9 Å². The highest BCUT2D eigenvalue weighted by Crippen LogP contribution is 2.29. The van der Waals surface area contributed by atoms with Gasteiger partial charge in [0.25, 0.3) is 0 Å². The molecule has 3 aromatic rings. The number of halogens is 1. The second kappa shape index (κ2) is 8.52. The van der Waals surface area contributed by atoms with Crippen LogP contribution in [-0.4, -0.2) is 45.4 Å². The van der Waals surface area contributed by atoms with Crippen LogP contribution in [0.2, 0.25) is 5.02 Å². The second-order valence-corrected chi connectivity index (χ2v) is 8.35. The molecule has 0 radical (unpaired) electrons. The third-order valence-corrected chi connectivity index (χ3v) is 5.95. The molecule has 0 spiro atoms. The molecule has 4 rings (SSSR count). The van der Waals surface area contributed by atoms with Gasteiger partial charge in [0.15, 0.2) is 0 Å². The molecule has 1 atom stereocenters. The number of amides is 2. The number of carbonyl (C=O) groups is 2. The van der Waals surface area contributed by atoms with Crippen LogP contribution in [0.3, 0.4) is 0 Å². The van der Waals surface area contributed by atoms with Crippen LogP contribution in [0, 0.1) is 0 Å². The topological polar surface area (TPSA) is 143 Å². The van der Waals surface area contributed by atoms with Gasteiger partial charge >= 0.3 is 0 Å². The van der Waals surface area contributed by atoms with Crippen LogP contribution in [0.5, 0.6) is 0 Å². The number of rotatable bonds is 6. The molecule has 162 valence electrons. The minimum absolute atomic E-state index is 0.0988. The first-order chi connectivity index (χ1) is 14.8. The first-order valence-corrected chi connectivity index (χ1v) is 10.4. The van der Waals surface area contributed by atoms with Crippen LogP contribution >= 0.6 is 11.6 Å². The van der Waals surface area contributed by atoms with Crippen molar-refractivity contribution in [3.05, 3.63) is 53.4 Å². The lowest BCUT2D eigenvalue weighted by molar-refractivity contribution is -0.128. The fraction of sp³-hybridized carbons (Fsp3) is 0.333. The van der Waals surface area contributed by atoms with Crippen molar-refractivity contribution >= 4 is 40.3 Å². The highest BCUT2D eigenvalue weighted by atomic mass is 35.5. The summed E-state index contributed by atoms with van der Waals surface area (Å²) in [5, 5.41) is 4.20. The Morgan fingerprint density at radius 2 is 1.90 bits per heavy atom. The summed E-state index contributed by atoms with van der Waals surface area (Å²) < 4.78 is 0. The lowest BCUT2D eigenvalue weighted by Crippen LogP contribution is -2.53. The molecule has 1 unspecified atom stereocenters. The molecule has 1 aliphatic heterocycles. The number of H-pyrrole nitrogens is 1. The van der Waals surface area contributed by atoms with E-state index in [9.17, 15) is 9.59 Å². The SMILES string of the molecule is NC(=O)C(NC(=O)CC1(N)CCN(c2ncnc3[nH]ccc23)CC1)c1ccc(Cl)cc1. The van der Waals surface area contributed by atoms with Crippen LogP contribution in [0.15, 0.2) is 42.9 Å². The number of benzene rings is 1. The van der Waals surface area contributed by atoms with E-state index in [1.807, 2.05) is 12.3 Å². The van der Waals surface area contributed by atoms with Gasteiger partial charge in [0, 0.05) is 36.3 Å². The second-order valence-electron chi connectivity index (χ2n) is 7.92. The standard InChI is InChI=1S/C21H24ClN7O2/c22-14-3-1-13(2-4-14)17(18(23)31)28-16(30)11-21(24)6-9-29(10-7-21)20-15-5-8-25-19(15)26-12-27-20/h1-5,8,12,17H,6-7,9-11,24H2,(H2,23,31)(H,28,30)(H,25,26,27). The van der Waals surface area contributed by atoms with Crippen molar-refractivity contribution in [2.75, 3.05) is 18.0 Å². The Balaban J connectivity index is 1.39. The maximum absolute atomic E-state index is 12.7. The zero-order chi connectivity index (χ0) is 22.0. The summed E-state index contributed by atoms with van der Waals surface area (Å²) in [4.78, 5) is 38.5. The van der Waals surface area contributed by atoms with Crippen molar-refractivity contribution in [1.29, 1.82) is 0 Å². The Bertz CT molecular complexity index is 1090. The van der Waals surface area contributed by atoms with Crippen LogP contribution in [0.4, 0.5) is 5.82 Å². The number of nitrogens with zero attached hydrogens (tertiary/aromatic N) is 3. The van der Waals surface area contributed by atoms with E-state index in [-0.39, 0.29) is 12.3 Å².